The monoisotopic (exact) mass is 425 g/mol. The van der Waals surface area contributed by atoms with Crippen LogP contribution in [0, 0.1) is 0 Å². The van der Waals surface area contributed by atoms with Gasteiger partial charge in [0.2, 0.25) is 6.33 Å². The normalized spacial score (nSPS) is 10.1. The van der Waals surface area contributed by atoms with Crippen LogP contribution in [0.4, 0.5) is 0 Å². The Morgan fingerprint density at radius 1 is 1.04 bits per heavy atom. The fourth-order valence-electron chi connectivity index (χ4n) is 3.10. The Balaban J connectivity index is 0.00000196. The van der Waals surface area contributed by atoms with Crippen LogP contribution in [0.1, 0.15) is 12.0 Å². The largest absolute Gasteiger partial charge is 1.00 e. The highest BCUT2D eigenvalue weighted by Crippen LogP contribution is 2.29. The van der Waals surface area contributed by atoms with Crippen LogP contribution in [0.2, 0.25) is 0 Å². The number of rotatable bonds is 8. The Morgan fingerprint density at radius 2 is 1.82 bits per heavy atom. The number of methoxy groups -OCH3 is 2. The van der Waals surface area contributed by atoms with Gasteiger partial charge in [-0.1, -0.05) is 18.2 Å². The molecule has 1 heterocycles. The standard InChI is InChI=1S/C20H23N3O3.2ClH/c1-25-18-10-5-7-15(19(18)26-2)13-21-11-6-12-23-14-22-17-9-4-3-8-16(17)20(23)24;;/h3-5,7-10,14,21H,6,11-13H2,1-2H3;2*1H. The lowest BCUT2D eigenvalue weighted by molar-refractivity contribution is -0.671. The lowest BCUT2D eigenvalue weighted by atomic mass is 10.2. The van der Waals surface area contributed by atoms with Crippen molar-refractivity contribution in [2.75, 3.05) is 20.8 Å². The first kappa shape index (κ1) is 23.8. The van der Waals surface area contributed by atoms with E-state index in [0.29, 0.717) is 6.54 Å². The Bertz CT molecular complexity index is 947. The third-order valence-electron chi connectivity index (χ3n) is 4.45. The molecule has 8 heteroatoms. The summed E-state index contributed by atoms with van der Waals surface area (Å²) in [5.74, 6) is 1.53. The van der Waals surface area contributed by atoms with Crippen molar-refractivity contribution in [2.45, 2.75) is 19.5 Å². The van der Waals surface area contributed by atoms with Crippen molar-refractivity contribution in [3.63, 3.8) is 0 Å². The summed E-state index contributed by atoms with van der Waals surface area (Å²) < 4.78 is 12.5. The number of quaternary nitrogens is 1. The van der Waals surface area contributed by atoms with Crippen LogP contribution in [0.5, 0.6) is 11.5 Å². The summed E-state index contributed by atoms with van der Waals surface area (Å²) in [7, 11) is 3.30. The molecule has 0 amide bonds. The molecule has 6 nitrogen and oxygen atoms in total. The number of aromatic amines is 1. The van der Waals surface area contributed by atoms with Crippen LogP contribution in [0.15, 0.2) is 53.6 Å². The van der Waals surface area contributed by atoms with Gasteiger partial charge in [0.05, 0.1) is 32.9 Å². The van der Waals surface area contributed by atoms with E-state index in [1.54, 1.807) is 25.1 Å². The van der Waals surface area contributed by atoms with Gasteiger partial charge in [-0.3, -0.25) is 0 Å². The van der Waals surface area contributed by atoms with E-state index in [-0.39, 0.29) is 30.4 Å². The number of H-pyrrole nitrogens is 1. The molecule has 3 N–H and O–H groups in total. The minimum atomic E-state index is 0. The number of ether oxygens (including phenoxy) is 2. The molecule has 0 atom stereocenters. The Kier molecular flexibility index (Phi) is 9.79. The second-order valence-corrected chi connectivity index (χ2v) is 6.11. The topological polar surface area (TPSA) is 71.2 Å². The minimum Gasteiger partial charge on any atom is -1.00 e. The van der Waals surface area contributed by atoms with Crippen molar-refractivity contribution in [2.24, 2.45) is 0 Å². The number of aryl methyl sites for hydroxylation is 1. The van der Waals surface area contributed by atoms with Crippen molar-refractivity contribution in [3.05, 3.63) is 64.7 Å². The third kappa shape index (κ3) is 5.38. The number of fused-ring (bicyclic) bond motifs is 1. The lowest BCUT2D eigenvalue weighted by Crippen LogP contribution is -3.00. The van der Waals surface area contributed by atoms with Gasteiger partial charge in [-0.25, -0.2) is 9.78 Å². The number of hydrogen-bond donors (Lipinski definition) is 1. The maximum Gasteiger partial charge on any atom is 0.345 e. The highest BCUT2D eigenvalue weighted by Gasteiger charge is 2.11. The first-order chi connectivity index (χ1) is 12.7. The highest BCUT2D eigenvalue weighted by molar-refractivity contribution is 5.73. The summed E-state index contributed by atoms with van der Waals surface area (Å²) >= 11 is 0. The molecule has 0 saturated heterocycles. The van der Waals surface area contributed by atoms with Gasteiger partial charge in [0.1, 0.15) is 17.4 Å². The molecule has 28 heavy (non-hydrogen) atoms. The van der Waals surface area contributed by atoms with Gasteiger partial charge in [-0.2, -0.15) is 4.57 Å². The number of nitrogens with zero attached hydrogens (tertiary/aromatic N) is 1. The molecule has 0 fully saturated rings. The van der Waals surface area contributed by atoms with E-state index in [0.717, 1.165) is 47.5 Å². The molecular weight excluding hydrogens is 401 g/mol. The van der Waals surface area contributed by atoms with Gasteiger partial charge in [0.25, 0.3) is 0 Å². The highest BCUT2D eigenvalue weighted by atomic mass is 35.5. The van der Waals surface area contributed by atoms with E-state index in [2.05, 4.69) is 10.3 Å². The number of benzene rings is 2. The molecule has 1 aromatic heterocycles. The Hall–Kier alpha value is -2.28. The first-order valence-electron chi connectivity index (χ1n) is 8.76. The predicted molar refractivity (Wildman–Crippen MR) is 99.4 cm³/mol. The van der Waals surface area contributed by atoms with E-state index in [1.165, 1.54) is 0 Å². The molecule has 0 aliphatic carbocycles. The zero-order valence-corrected chi connectivity index (χ0v) is 17.5. The van der Waals surface area contributed by atoms with Gasteiger partial charge >= 0.3 is 5.56 Å². The van der Waals surface area contributed by atoms with E-state index < -0.39 is 0 Å². The van der Waals surface area contributed by atoms with Gasteiger partial charge in [0.15, 0.2) is 11.5 Å². The maximum absolute atomic E-state index is 12.5. The van der Waals surface area contributed by atoms with Crippen LogP contribution in [-0.2, 0) is 13.1 Å². The zero-order valence-electron chi connectivity index (χ0n) is 16.0. The number of hydrogen-bond acceptors (Lipinski definition) is 3. The van der Waals surface area contributed by atoms with Crippen LogP contribution >= 0.6 is 0 Å². The number of para-hydroxylation sites is 2. The molecule has 0 aliphatic heterocycles. The molecule has 3 rings (SSSR count). The molecule has 0 unspecified atom stereocenters. The van der Waals surface area contributed by atoms with Crippen molar-refractivity contribution in [3.8, 4) is 11.5 Å². The minimum absolute atomic E-state index is 0. The molecule has 0 saturated carbocycles. The molecule has 0 aliphatic rings. The molecule has 2 aromatic carbocycles. The van der Waals surface area contributed by atoms with Crippen LogP contribution in [-0.4, -0.2) is 25.3 Å². The van der Waals surface area contributed by atoms with Crippen molar-refractivity contribution in [1.82, 2.24) is 4.57 Å². The average molecular weight is 426 g/mol. The molecule has 0 bridgehead atoms. The summed E-state index contributed by atoms with van der Waals surface area (Å²) in [5, 5.41) is 2.94. The average Bonchev–Trinajstić information content (AvgIpc) is 2.69. The first-order valence-corrected chi connectivity index (χ1v) is 8.76. The Labute approximate surface area is 176 Å². The number of halogens is 2. The third-order valence-corrected chi connectivity index (χ3v) is 4.45. The van der Waals surface area contributed by atoms with E-state index >= 15 is 0 Å². The molecule has 3 aromatic rings. The van der Waals surface area contributed by atoms with E-state index in [9.17, 15) is 4.79 Å². The number of aromatic nitrogens is 2. The van der Waals surface area contributed by atoms with E-state index in [4.69, 9.17) is 9.47 Å². The lowest BCUT2D eigenvalue weighted by Gasteiger charge is -2.11. The Morgan fingerprint density at radius 3 is 2.57 bits per heavy atom. The zero-order chi connectivity index (χ0) is 18.4. The molecule has 0 spiro atoms. The van der Waals surface area contributed by atoms with Gasteiger partial charge in [-0.05, 0) is 24.3 Å². The number of nitrogens with one attached hydrogen (secondary N) is 1. The van der Waals surface area contributed by atoms with Crippen molar-refractivity contribution in [1.29, 1.82) is 0 Å². The van der Waals surface area contributed by atoms with Gasteiger partial charge < -0.3 is 39.6 Å². The van der Waals surface area contributed by atoms with E-state index in [1.807, 2.05) is 42.5 Å². The van der Waals surface area contributed by atoms with Gasteiger partial charge in [0, 0.05) is 6.42 Å². The summed E-state index contributed by atoms with van der Waals surface area (Å²) in [6.07, 6.45) is 2.66. The number of nitrogens with two attached hydrogens (primary N) is 1. The summed E-state index contributed by atoms with van der Waals surface area (Å²) in [5.41, 5.74) is 2.02. The summed E-state index contributed by atoms with van der Waals surface area (Å²) in [6.45, 7) is 2.41. The van der Waals surface area contributed by atoms with Crippen LogP contribution in [0.25, 0.3) is 10.9 Å². The summed E-state index contributed by atoms with van der Waals surface area (Å²) in [6, 6.07) is 13.5. The van der Waals surface area contributed by atoms with Crippen molar-refractivity contribution >= 4 is 10.9 Å². The fourth-order valence-corrected chi connectivity index (χ4v) is 3.10. The van der Waals surface area contributed by atoms with Crippen LogP contribution in [0.3, 0.4) is 0 Å². The molecular formula is C20H25Cl2N3O3. The predicted octanol–water partition coefficient (Wildman–Crippen LogP) is -5.01. The van der Waals surface area contributed by atoms with Crippen molar-refractivity contribution < 1.29 is 44.6 Å². The quantitative estimate of drug-likeness (QED) is 0.367. The molecule has 152 valence electrons. The summed E-state index contributed by atoms with van der Waals surface area (Å²) in [4.78, 5) is 15.6. The molecule has 0 radical (unpaired) electrons. The van der Waals surface area contributed by atoms with Gasteiger partial charge in [-0.15, -0.1) is 0 Å². The second kappa shape index (κ2) is 11.5. The smallest absolute Gasteiger partial charge is 0.345 e. The second-order valence-electron chi connectivity index (χ2n) is 6.11. The SMILES string of the molecule is COc1cccc(C[NH2+]CCCn2c[nH+]c3ccccc3c2=O)c1OC.[Cl-].[Cl-]. The van der Waals surface area contributed by atoms with Crippen LogP contribution < -0.4 is 50.1 Å². The fraction of sp³-hybridized carbons (Fsp3) is 0.300. The maximum atomic E-state index is 12.5.